The Morgan fingerprint density at radius 3 is 2.15 bits per heavy atom. The Balaban J connectivity index is 0.00000124. The molecule has 1 heterocycles. The van der Waals surface area contributed by atoms with E-state index in [4.69, 9.17) is 24.8 Å². The summed E-state index contributed by atoms with van der Waals surface area (Å²) in [6.07, 6.45) is 0. The van der Waals surface area contributed by atoms with Crippen molar-refractivity contribution >= 4 is 17.6 Å². The maximum Gasteiger partial charge on any atom is 0.336 e. The number of carbonyl (C=O) groups excluding carboxylic acids is 2. The van der Waals surface area contributed by atoms with E-state index in [2.05, 4.69) is 5.32 Å². The van der Waals surface area contributed by atoms with Gasteiger partial charge in [-0.05, 0) is 32.0 Å². The largest absolute Gasteiger partial charge is 0.466 e. The highest BCUT2D eigenvalue weighted by molar-refractivity contribution is 5.99. The Labute approximate surface area is 224 Å². The third-order valence-electron chi connectivity index (χ3n) is 5.80. The molecular formula is C26H30N4O9. The number of esters is 2. The summed E-state index contributed by atoms with van der Waals surface area (Å²) in [5.41, 5.74) is 2.85. The van der Waals surface area contributed by atoms with E-state index < -0.39 is 27.9 Å². The van der Waals surface area contributed by atoms with Crippen molar-refractivity contribution in [3.8, 4) is 0 Å². The Morgan fingerprint density at radius 1 is 1.00 bits per heavy atom. The maximum atomic E-state index is 13.3. The summed E-state index contributed by atoms with van der Waals surface area (Å²) in [6.45, 7) is 4.74. The number of non-ortho nitro benzene ring substituents is 1. The van der Waals surface area contributed by atoms with Crippen LogP contribution in [0.25, 0.3) is 0 Å². The normalized spacial score (nSPS) is 14.6. The zero-order valence-corrected chi connectivity index (χ0v) is 21.9. The molecule has 1 aliphatic rings. The number of hydrogen-bond donors (Lipinski definition) is 2. The van der Waals surface area contributed by atoms with Crippen LogP contribution < -0.4 is 5.32 Å². The third kappa shape index (κ3) is 8.64. The molecule has 13 heteroatoms. The van der Waals surface area contributed by atoms with Gasteiger partial charge in [-0.1, -0.05) is 42.5 Å². The van der Waals surface area contributed by atoms with E-state index in [-0.39, 0.29) is 23.4 Å². The molecule has 3 rings (SSSR count). The minimum absolute atomic E-state index is 0.136. The number of hydrogen-bond acceptors (Lipinski definition) is 10. The van der Waals surface area contributed by atoms with Gasteiger partial charge in [0.25, 0.3) is 10.8 Å². The van der Waals surface area contributed by atoms with Crippen molar-refractivity contribution < 1.29 is 34.3 Å². The molecule has 13 nitrogen and oxygen atoms in total. The van der Waals surface area contributed by atoms with Gasteiger partial charge in [-0.15, -0.1) is 10.1 Å². The molecule has 0 aromatic heterocycles. The van der Waals surface area contributed by atoms with Crippen molar-refractivity contribution in [2.24, 2.45) is 0 Å². The fourth-order valence-corrected chi connectivity index (χ4v) is 4.14. The fourth-order valence-electron chi connectivity index (χ4n) is 4.14. The Hall–Kier alpha value is -4.78. The Morgan fingerprint density at radius 2 is 1.59 bits per heavy atom. The zero-order chi connectivity index (χ0) is 29.1. The van der Waals surface area contributed by atoms with Gasteiger partial charge in [0.05, 0.1) is 29.1 Å². The minimum atomic E-state index is -1.50. The quantitative estimate of drug-likeness (QED) is 0.270. The molecule has 0 aliphatic carbocycles. The van der Waals surface area contributed by atoms with Crippen molar-refractivity contribution in [3.05, 3.63) is 108 Å². The monoisotopic (exact) mass is 542 g/mol. The molecule has 0 spiro atoms. The first-order chi connectivity index (χ1) is 18.5. The van der Waals surface area contributed by atoms with Crippen LogP contribution in [0.1, 0.15) is 30.9 Å². The average molecular weight is 543 g/mol. The first kappa shape index (κ1) is 30.4. The average Bonchev–Trinajstić information content (AvgIpc) is 2.88. The van der Waals surface area contributed by atoms with Gasteiger partial charge in [0.1, 0.15) is 6.61 Å². The second-order valence-corrected chi connectivity index (χ2v) is 8.58. The lowest BCUT2D eigenvalue weighted by Gasteiger charge is -2.30. The van der Waals surface area contributed by atoms with Gasteiger partial charge < -0.3 is 20.0 Å². The number of benzene rings is 2. The van der Waals surface area contributed by atoms with Crippen molar-refractivity contribution in [1.29, 1.82) is 0 Å². The van der Waals surface area contributed by atoms with E-state index in [9.17, 15) is 19.7 Å². The molecule has 0 saturated heterocycles. The molecule has 2 N–H and O–H groups in total. The van der Waals surface area contributed by atoms with Crippen LogP contribution in [0.3, 0.4) is 0 Å². The molecule has 0 saturated carbocycles. The number of carbonyl (C=O) groups is 2. The van der Waals surface area contributed by atoms with Gasteiger partial charge in [-0.2, -0.15) is 0 Å². The number of likely N-dealkylation sites (N-methyl/N-ethyl adjacent to an activating group) is 1. The smallest absolute Gasteiger partial charge is 0.336 e. The predicted molar refractivity (Wildman–Crippen MR) is 139 cm³/mol. The molecule has 1 aliphatic heterocycles. The number of methoxy groups -OCH3 is 1. The molecule has 1 unspecified atom stereocenters. The van der Waals surface area contributed by atoms with Crippen molar-refractivity contribution in [3.63, 3.8) is 0 Å². The van der Waals surface area contributed by atoms with E-state index in [1.807, 2.05) is 42.3 Å². The summed E-state index contributed by atoms with van der Waals surface area (Å²) >= 11 is 0. The highest BCUT2D eigenvalue weighted by atomic mass is 16.9. The number of dihydropyridines is 1. The van der Waals surface area contributed by atoms with E-state index >= 15 is 0 Å². The standard InChI is InChI=1S/C26H29N3O6.HNO3/c1-17-22(25(30)34-4)24(20-11-8-12-21(15-20)29(32)33)23(18(2)27-17)26(31)35-14-13-28(3)16-19-9-6-5-7-10-19;2-1(3)4/h5-12,15,24,27H,13-14,16H2,1-4H3;(H,2,3,4). The lowest BCUT2D eigenvalue weighted by atomic mass is 9.80. The van der Waals surface area contributed by atoms with Gasteiger partial charge in [0.15, 0.2) is 0 Å². The van der Waals surface area contributed by atoms with Gasteiger partial charge in [-0.3, -0.25) is 15.0 Å². The second-order valence-electron chi connectivity index (χ2n) is 8.58. The van der Waals surface area contributed by atoms with E-state index in [0.717, 1.165) is 5.56 Å². The zero-order valence-electron chi connectivity index (χ0n) is 21.9. The molecule has 2 aromatic rings. The topological polar surface area (TPSA) is 174 Å². The molecule has 39 heavy (non-hydrogen) atoms. The SMILES string of the molecule is COC(=O)C1=C(C)NC(C)=C(C(=O)OCCN(C)Cc2ccccc2)C1c1cccc([N+](=O)[O-])c1.O=[N+]([O-])O. The molecular weight excluding hydrogens is 512 g/mol. The molecule has 1 atom stereocenters. The van der Waals surface area contributed by atoms with Crippen LogP contribution in [0.5, 0.6) is 0 Å². The summed E-state index contributed by atoms with van der Waals surface area (Å²) in [5, 5.41) is 28.1. The van der Waals surface area contributed by atoms with Crippen LogP contribution in [0.2, 0.25) is 0 Å². The van der Waals surface area contributed by atoms with Crippen LogP contribution >= 0.6 is 0 Å². The fraction of sp³-hybridized carbons (Fsp3) is 0.308. The van der Waals surface area contributed by atoms with Crippen LogP contribution in [-0.2, 0) is 25.6 Å². The van der Waals surface area contributed by atoms with Gasteiger partial charge in [0.2, 0.25) is 0 Å². The summed E-state index contributed by atoms with van der Waals surface area (Å²) in [7, 11) is 3.18. The van der Waals surface area contributed by atoms with Crippen molar-refractivity contribution in [2.75, 3.05) is 27.3 Å². The number of nitro benzene ring substituents is 1. The molecule has 208 valence electrons. The molecule has 0 radical (unpaired) electrons. The van der Waals surface area contributed by atoms with Crippen LogP contribution in [-0.4, -0.2) is 59.4 Å². The van der Waals surface area contributed by atoms with Crippen LogP contribution in [0.15, 0.2) is 77.1 Å². The predicted octanol–water partition coefficient (Wildman–Crippen LogP) is 3.33. The number of ether oxygens (including phenoxy) is 2. The number of nitrogens with zero attached hydrogens (tertiary/aromatic N) is 3. The van der Waals surface area contributed by atoms with Crippen LogP contribution in [0, 0.1) is 20.2 Å². The molecule has 0 amide bonds. The van der Waals surface area contributed by atoms with Gasteiger partial charge >= 0.3 is 11.9 Å². The highest BCUT2D eigenvalue weighted by Gasteiger charge is 2.38. The second kappa shape index (κ2) is 14.2. The lowest BCUT2D eigenvalue weighted by Crippen LogP contribution is -2.33. The first-order valence-corrected chi connectivity index (χ1v) is 11.7. The summed E-state index contributed by atoms with van der Waals surface area (Å²) < 4.78 is 10.6. The van der Waals surface area contributed by atoms with E-state index in [0.29, 0.717) is 30.0 Å². The summed E-state index contributed by atoms with van der Waals surface area (Å²) in [6, 6.07) is 15.8. The van der Waals surface area contributed by atoms with E-state index in [1.165, 1.54) is 25.3 Å². The third-order valence-corrected chi connectivity index (χ3v) is 5.80. The Bertz CT molecular complexity index is 1270. The number of allylic oxidation sites excluding steroid dienone is 2. The minimum Gasteiger partial charge on any atom is -0.466 e. The lowest BCUT2D eigenvalue weighted by molar-refractivity contribution is -0.742. The number of nitrogens with one attached hydrogen (secondary N) is 1. The Kier molecular flexibility index (Phi) is 11.1. The highest BCUT2D eigenvalue weighted by Crippen LogP contribution is 2.40. The summed E-state index contributed by atoms with van der Waals surface area (Å²) in [4.78, 5) is 47.2. The summed E-state index contributed by atoms with van der Waals surface area (Å²) in [5.74, 6) is -2.11. The first-order valence-electron chi connectivity index (χ1n) is 11.7. The van der Waals surface area contributed by atoms with Crippen LogP contribution in [0.4, 0.5) is 5.69 Å². The van der Waals surface area contributed by atoms with Crippen molar-refractivity contribution in [2.45, 2.75) is 26.3 Å². The van der Waals surface area contributed by atoms with E-state index in [1.54, 1.807) is 19.9 Å². The molecule has 2 aromatic carbocycles. The van der Waals surface area contributed by atoms with Gasteiger partial charge in [0, 0.05) is 36.6 Å². The number of nitro groups is 1. The van der Waals surface area contributed by atoms with Gasteiger partial charge in [-0.25, -0.2) is 9.59 Å². The number of rotatable bonds is 9. The molecule has 0 bridgehead atoms. The van der Waals surface area contributed by atoms with Crippen molar-refractivity contribution in [1.82, 2.24) is 10.2 Å². The maximum absolute atomic E-state index is 13.3. The molecule has 0 fully saturated rings.